The van der Waals surface area contributed by atoms with Crippen molar-refractivity contribution in [1.82, 2.24) is 10.3 Å². The number of nitrogens with zero attached hydrogens (tertiary/aromatic N) is 1. The van der Waals surface area contributed by atoms with Crippen LogP contribution in [0.4, 0.5) is 0 Å². The van der Waals surface area contributed by atoms with Crippen molar-refractivity contribution in [2.24, 2.45) is 0 Å². The minimum Gasteiger partial charge on any atom is -0.495 e. The van der Waals surface area contributed by atoms with Crippen LogP contribution in [0, 0.1) is 0 Å². The average Bonchev–Trinajstić information content (AvgIpc) is 2.27. The van der Waals surface area contributed by atoms with E-state index in [-0.39, 0.29) is 0 Å². The molecule has 0 spiro atoms. The van der Waals surface area contributed by atoms with Gasteiger partial charge in [0.15, 0.2) is 0 Å². The van der Waals surface area contributed by atoms with E-state index in [4.69, 9.17) is 4.74 Å². The summed E-state index contributed by atoms with van der Waals surface area (Å²) in [5.74, 6) is 0.890. The first kappa shape index (κ1) is 12.0. The highest BCUT2D eigenvalue weighted by Gasteiger charge is 2.05. The highest BCUT2D eigenvalue weighted by atomic mass is 16.5. The zero-order valence-corrected chi connectivity index (χ0v) is 9.79. The third-order valence-electron chi connectivity index (χ3n) is 2.44. The van der Waals surface area contributed by atoms with Crippen molar-refractivity contribution >= 4 is 0 Å². The van der Waals surface area contributed by atoms with Gasteiger partial charge in [-0.15, -0.1) is 0 Å². The first-order chi connectivity index (χ1) is 7.27. The van der Waals surface area contributed by atoms with E-state index in [0.717, 1.165) is 30.8 Å². The van der Waals surface area contributed by atoms with Crippen LogP contribution in [0.2, 0.25) is 0 Å². The molecule has 3 heteroatoms. The van der Waals surface area contributed by atoms with Crippen LogP contribution in [0.5, 0.6) is 5.75 Å². The molecule has 0 aliphatic carbocycles. The van der Waals surface area contributed by atoms with Gasteiger partial charge in [-0.05, 0) is 38.4 Å². The Balaban J connectivity index is 2.49. The predicted molar refractivity (Wildman–Crippen MR) is 62.2 cm³/mol. The van der Waals surface area contributed by atoms with Gasteiger partial charge in [-0.25, -0.2) is 0 Å². The third kappa shape index (κ3) is 3.88. The van der Waals surface area contributed by atoms with Crippen molar-refractivity contribution < 1.29 is 4.74 Å². The highest BCUT2D eigenvalue weighted by molar-refractivity contribution is 5.26. The van der Waals surface area contributed by atoms with E-state index < -0.39 is 0 Å². The zero-order valence-electron chi connectivity index (χ0n) is 9.79. The lowest BCUT2D eigenvalue weighted by molar-refractivity contribution is 0.404. The molecule has 0 aliphatic rings. The summed E-state index contributed by atoms with van der Waals surface area (Å²) in [6, 6.07) is 4.39. The fourth-order valence-electron chi connectivity index (χ4n) is 1.60. The van der Waals surface area contributed by atoms with Gasteiger partial charge in [-0.2, -0.15) is 0 Å². The Bertz CT molecular complexity index is 289. The zero-order chi connectivity index (χ0) is 11.1. The van der Waals surface area contributed by atoms with E-state index in [1.165, 1.54) is 0 Å². The predicted octanol–water partition coefficient (Wildman–Crippen LogP) is 2.02. The lowest BCUT2D eigenvalue weighted by Crippen LogP contribution is -2.26. The first-order valence-corrected chi connectivity index (χ1v) is 5.49. The number of hydrogen-bond acceptors (Lipinski definition) is 3. The molecular weight excluding hydrogens is 188 g/mol. The second-order valence-corrected chi connectivity index (χ2v) is 3.65. The number of nitrogens with one attached hydrogen (secondary N) is 1. The number of methoxy groups -OCH3 is 1. The van der Waals surface area contributed by atoms with Crippen LogP contribution in [0.25, 0.3) is 0 Å². The Morgan fingerprint density at radius 2 is 2.33 bits per heavy atom. The number of rotatable bonds is 6. The monoisotopic (exact) mass is 208 g/mol. The fourth-order valence-corrected chi connectivity index (χ4v) is 1.60. The van der Waals surface area contributed by atoms with E-state index in [2.05, 4.69) is 24.1 Å². The summed E-state index contributed by atoms with van der Waals surface area (Å²) in [7, 11) is 1.69. The molecule has 84 valence electrons. The molecule has 1 N–H and O–H groups in total. The summed E-state index contributed by atoms with van der Waals surface area (Å²) in [4.78, 5) is 4.33. The molecule has 1 aromatic rings. The molecule has 0 aromatic carbocycles. The minimum atomic E-state index is 0.529. The largest absolute Gasteiger partial charge is 0.495 e. The topological polar surface area (TPSA) is 34.2 Å². The van der Waals surface area contributed by atoms with Gasteiger partial charge in [-0.3, -0.25) is 4.98 Å². The molecule has 0 saturated carbocycles. The van der Waals surface area contributed by atoms with Gasteiger partial charge in [0.2, 0.25) is 0 Å². The van der Waals surface area contributed by atoms with Gasteiger partial charge in [0.25, 0.3) is 0 Å². The van der Waals surface area contributed by atoms with Crippen LogP contribution in [-0.2, 0) is 6.42 Å². The van der Waals surface area contributed by atoms with E-state index in [1.807, 2.05) is 18.3 Å². The summed E-state index contributed by atoms with van der Waals surface area (Å²) in [5.41, 5.74) is 1.05. The standard InChI is InChI=1S/C12H20N2O/c1-4-13-10(2)7-8-11-12(15-3)6-5-9-14-11/h5-6,9-10,13H,4,7-8H2,1-3H3. The molecule has 0 radical (unpaired) electrons. The molecule has 3 nitrogen and oxygen atoms in total. The third-order valence-corrected chi connectivity index (χ3v) is 2.44. The van der Waals surface area contributed by atoms with Crippen molar-refractivity contribution in [3.05, 3.63) is 24.0 Å². The summed E-state index contributed by atoms with van der Waals surface area (Å²) >= 11 is 0. The SMILES string of the molecule is CCNC(C)CCc1ncccc1OC. The van der Waals surface area contributed by atoms with E-state index in [0.29, 0.717) is 6.04 Å². The molecule has 0 amide bonds. The fraction of sp³-hybridized carbons (Fsp3) is 0.583. The van der Waals surface area contributed by atoms with E-state index in [1.54, 1.807) is 7.11 Å². The molecule has 1 unspecified atom stereocenters. The highest BCUT2D eigenvalue weighted by Crippen LogP contribution is 2.16. The van der Waals surface area contributed by atoms with E-state index in [9.17, 15) is 0 Å². The Hall–Kier alpha value is -1.09. The molecule has 1 atom stereocenters. The number of pyridine rings is 1. The number of hydrogen-bond donors (Lipinski definition) is 1. The smallest absolute Gasteiger partial charge is 0.140 e. The summed E-state index contributed by atoms with van der Waals surface area (Å²) in [6.45, 7) is 5.33. The van der Waals surface area contributed by atoms with Crippen LogP contribution in [-0.4, -0.2) is 24.7 Å². The van der Waals surface area contributed by atoms with Gasteiger partial charge in [0, 0.05) is 12.2 Å². The molecule has 1 aromatic heterocycles. The average molecular weight is 208 g/mol. The van der Waals surface area contributed by atoms with Gasteiger partial charge in [0.05, 0.1) is 12.8 Å². The Labute approximate surface area is 91.9 Å². The molecular formula is C12H20N2O. The number of aromatic nitrogens is 1. The van der Waals surface area contributed by atoms with Gasteiger partial charge in [0.1, 0.15) is 5.75 Å². The Morgan fingerprint density at radius 1 is 1.53 bits per heavy atom. The van der Waals surface area contributed by atoms with Crippen LogP contribution >= 0.6 is 0 Å². The van der Waals surface area contributed by atoms with Crippen molar-refractivity contribution in [3.63, 3.8) is 0 Å². The summed E-state index contributed by atoms with van der Waals surface area (Å²) in [5, 5.41) is 3.38. The maximum absolute atomic E-state index is 5.25. The summed E-state index contributed by atoms with van der Waals surface area (Å²) < 4.78 is 5.25. The van der Waals surface area contributed by atoms with Gasteiger partial charge in [-0.1, -0.05) is 6.92 Å². The maximum Gasteiger partial charge on any atom is 0.140 e. The molecule has 0 aliphatic heterocycles. The van der Waals surface area contributed by atoms with Crippen LogP contribution in [0.1, 0.15) is 26.0 Å². The molecule has 0 fully saturated rings. The van der Waals surface area contributed by atoms with E-state index >= 15 is 0 Å². The van der Waals surface area contributed by atoms with Gasteiger partial charge < -0.3 is 10.1 Å². The van der Waals surface area contributed by atoms with Crippen molar-refractivity contribution in [2.45, 2.75) is 32.7 Å². The molecule has 0 saturated heterocycles. The molecule has 0 bridgehead atoms. The van der Waals surface area contributed by atoms with Crippen LogP contribution < -0.4 is 10.1 Å². The first-order valence-electron chi connectivity index (χ1n) is 5.49. The number of aryl methyl sites for hydroxylation is 1. The normalized spacial score (nSPS) is 12.5. The minimum absolute atomic E-state index is 0.529. The number of ether oxygens (including phenoxy) is 1. The van der Waals surface area contributed by atoms with Crippen LogP contribution in [0.3, 0.4) is 0 Å². The van der Waals surface area contributed by atoms with Crippen molar-refractivity contribution in [1.29, 1.82) is 0 Å². The Kier molecular flexibility index (Phi) is 5.12. The molecule has 1 heterocycles. The van der Waals surface area contributed by atoms with Crippen LogP contribution in [0.15, 0.2) is 18.3 Å². The second-order valence-electron chi connectivity index (χ2n) is 3.65. The van der Waals surface area contributed by atoms with Gasteiger partial charge >= 0.3 is 0 Å². The Morgan fingerprint density at radius 3 is 3.00 bits per heavy atom. The molecule has 1 rings (SSSR count). The second kappa shape index (κ2) is 6.40. The lowest BCUT2D eigenvalue weighted by atomic mass is 10.1. The lowest BCUT2D eigenvalue weighted by Gasteiger charge is -2.12. The summed E-state index contributed by atoms with van der Waals surface area (Å²) in [6.07, 6.45) is 3.86. The maximum atomic E-state index is 5.25. The quantitative estimate of drug-likeness (QED) is 0.776. The molecule has 15 heavy (non-hydrogen) atoms. The van der Waals surface area contributed by atoms with Crippen molar-refractivity contribution in [2.75, 3.05) is 13.7 Å². The van der Waals surface area contributed by atoms with Crippen molar-refractivity contribution in [3.8, 4) is 5.75 Å².